The molecule has 0 radical (unpaired) electrons. The van der Waals surface area contributed by atoms with Gasteiger partial charge in [0.1, 0.15) is 0 Å². The maximum absolute atomic E-state index is 11.6. The quantitative estimate of drug-likeness (QED) is 0.642. The van der Waals surface area contributed by atoms with Gasteiger partial charge in [0.05, 0.1) is 13.0 Å². The second kappa shape index (κ2) is 4.30. The van der Waals surface area contributed by atoms with Crippen molar-refractivity contribution in [2.24, 2.45) is 17.8 Å². The third kappa shape index (κ3) is 1.78. The van der Waals surface area contributed by atoms with Crippen molar-refractivity contribution in [1.82, 2.24) is 5.32 Å². The zero-order chi connectivity index (χ0) is 9.97. The molecule has 3 atom stereocenters. The molecule has 14 heavy (non-hydrogen) atoms. The van der Waals surface area contributed by atoms with E-state index >= 15 is 0 Å². The normalized spacial score (nSPS) is 37.4. The van der Waals surface area contributed by atoms with Crippen LogP contribution in [0.2, 0.25) is 0 Å². The summed E-state index contributed by atoms with van der Waals surface area (Å²) in [4.78, 5) is 11.6. The van der Waals surface area contributed by atoms with Crippen LogP contribution in [0.1, 0.15) is 25.7 Å². The number of methoxy groups -OCH3 is 1. The summed E-state index contributed by atoms with van der Waals surface area (Å²) in [6, 6.07) is 0. The Morgan fingerprint density at radius 2 is 2.21 bits per heavy atom. The second-order valence-electron chi connectivity index (χ2n) is 4.48. The first kappa shape index (κ1) is 9.97. The van der Waals surface area contributed by atoms with Gasteiger partial charge in [-0.05, 0) is 44.2 Å². The summed E-state index contributed by atoms with van der Waals surface area (Å²) >= 11 is 0. The molecule has 2 fully saturated rings. The first-order chi connectivity index (χ1) is 6.83. The van der Waals surface area contributed by atoms with Crippen LogP contribution in [-0.4, -0.2) is 26.2 Å². The summed E-state index contributed by atoms with van der Waals surface area (Å²) < 4.78 is 4.88. The maximum Gasteiger partial charge on any atom is 0.308 e. The number of ether oxygens (including phenoxy) is 1. The molecule has 1 heterocycles. The summed E-state index contributed by atoms with van der Waals surface area (Å²) in [6.45, 7) is 2.16. The van der Waals surface area contributed by atoms with E-state index in [0.717, 1.165) is 25.9 Å². The highest BCUT2D eigenvalue weighted by Crippen LogP contribution is 2.38. The Morgan fingerprint density at radius 3 is 3.00 bits per heavy atom. The summed E-state index contributed by atoms with van der Waals surface area (Å²) in [5, 5.41) is 3.41. The molecule has 1 saturated carbocycles. The topological polar surface area (TPSA) is 38.3 Å². The Bertz CT molecular complexity index is 215. The molecule has 3 nitrogen and oxygen atoms in total. The van der Waals surface area contributed by atoms with Crippen molar-refractivity contribution in [2.45, 2.75) is 25.7 Å². The van der Waals surface area contributed by atoms with E-state index in [4.69, 9.17) is 4.74 Å². The average molecular weight is 197 g/mol. The fourth-order valence-corrected chi connectivity index (χ4v) is 3.05. The van der Waals surface area contributed by atoms with E-state index in [2.05, 4.69) is 5.32 Å². The molecule has 1 N–H and O–H groups in total. The number of esters is 1. The largest absolute Gasteiger partial charge is 0.469 e. The maximum atomic E-state index is 11.6. The minimum atomic E-state index is 0.0154. The lowest BCUT2D eigenvalue weighted by Gasteiger charge is -2.40. The number of piperidine rings is 1. The lowest BCUT2D eigenvalue weighted by molar-refractivity contribution is -0.150. The Morgan fingerprint density at radius 1 is 1.36 bits per heavy atom. The Kier molecular flexibility index (Phi) is 3.06. The van der Waals surface area contributed by atoms with Crippen LogP contribution < -0.4 is 5.32 Å². The number of nitrogens with one attached hydrogen (secondary N) is 1. The van der Waals surface area contributed by atoms with Gasteiger partial charge < -0.3 is 10.1 Å². The van der Waals surface area contributed by atoms with Gasteiger partial charge in [-0.3, -0.25) is 4.79 Å². The van der Waals surface area contributed by atoms with Gasteiger partial charge in [-0.2, -0.15) is 0 Å². The van der Waals surface area contributed by atoms with E-state index in [1.54, 1.807) is 0 Å². The molecule has 1 aliphatic carbocycles. The van der Waals surface area contributed by atoms with Crippen molar-refractivity contribution >= 4 is 5.97 Å². The zero-order valence-electron chi connectivity index (χ0n) is 8.79. The Hall–Kier alpha value is -0.570. The lowest BCUT2D eigenvalue weighted by Crippen LogP contribution is -2.44. The van der Waals surface area contributed by atoms with Crippen LogP contribution in [0.4, 0.5) is 0 Å². The zero-order valence-corrected chi connectivity index (χ0v) is 8.79. The predicted molar refractivity (Wildman–Crippen MR) is 53.8 cm³/mol. The average Bonchev–Trinajstić information content (AvgIpc) is 2.27. The monoisotopic (exact) mass is 197 g/mol. The van der Waals surface area contributed by atoms with E-state index in [1.807, 2.05) is 0 Å². The summed E-state index contributed by atoms with van der Waals surface area (Å²) in [7, 11) is 1.51. The summed E-state index contributed by atoms with van der Waals surface area (Å²) in [5.74, 6) is 1.49. The number of carbonyl (C=O) groups excluding carboxylic acids is 1. The molecule has 0 amide bonds. The minimum Gasteiger partial charge on any atom is -0.469 e. The first-order valence-corrected chi connectivity index (χ1v) is 5.61. The molecule has 3 heteroatoms. The molecule has 2 rings (SSSR count). The van der Waals surface area contributed by atoms with Crippen molar-refractivity contribution < 1.29 is 9.53 Å². The smallest absolute Gasteiger partial charge is 0.308 e. The van der Waals surface area contributed by atoms with E-state index < -0.39 is 0 Å². The number of rotatable bonds is 1. The van der Waals surface area contributed by atoms with E-state index in [-0.39, 0.29) is 11.9 Å². The minimum absolute atomic E-state index is 0.0154. The van der Waals surface area contributed by atoms with Crippen molar-refractivity contribution in [2.75, 3.05) is 20.2 Å². The highest BCUT2D eigenvalue weighted by Gasteiger charge is 2.38. The molecule has 1 saturated heterocycles. The van der Waals surface area contributed by atoms with Gasteiger partial charge >= 0.3 is 5.97 Å². The second-order valence-corrected chi connectivity index (χ2v) is 4.48. The fourth-order valence-electron chi connectivity index (χ4n) is 3.05. The molecule has 80 valence electrons. The number of carbonyl (C=O) groups is 1. The lowest BCUT2D eigenvalue weighted by atomic mass is 9.69. The molecular formula is C11H19NO2. The molecule has 0 spiro atoms. The molecular weight excluding hydrogens is 178 g/mol. The highest BCUT2D eigenvalue weighted by atomic mass is 16.5. The van der Waals surface area contributed by atoms with E-state index in [1.165, 1.54) is 20.0 Å². The molecule has 0 aromatic carbocycles. The van der Waals surface area contributed by atoms with Crippen LogP contribution in [0, 0.1) is 17.8 Å². The van der Waals surface area contributed by atoms with Gasteiger partial charge in [-0.15, -0.1) is 0 Å². The van der Waals surface area contributed by atoms with Crippen molar-refractivity contribution in [3.8, 4) is 0 Å². The van der Waals surface area contributed by atoms with Gasteiger partial charge in [0.2, 0.25) is 0 Å². The predicted octanol–water partition coefficient (Wildman–Crippen LogP) is 1.19. The summed E-state index contributed by atoms with van der Waals surface area (Å²) in [6.07, 6.45) is 4.64. The Balaban J connectivity index is 2.04. The molecule has 0 aromatic heterocycles. The van der Waals surface area contributed by atoms with Gasteiger partial charge in [0, 0.05) is 0 Å². The van der Waals surface area contributed by atoms with Crippen LogP contribution in [0.3, 0.4) is 0 Å². The van der Waals surface area contributed by atoms with Crippen molar-refractivity contribution in [3.63, 3.8) is 0 Å². The fraction of sp³-hybridized carbons (Fsp3) is 0.909. The van der Waals surface area contributed by atoms with E-state index in [0.29, 0.717) is 11.8 Å². The van der Waals surface area contributed by atoms with Crippen LogP contribution in [0.15, 0.2) is 0 Å². The Labute approximate surface area is 85.2 Å². The van der Waals surface area contributed by atoms with Gasteiger partial charge in [-0.1, -0.05) is 6.42 Å². The third-order valence-corrected chi connectivity index (χ3v) is 3.78. The molecule has 0 unspecified atom stereocenters. The van der Waals surface area contributed by atoms with E-state index in [9.17, 15) is 4.79 Å². The SMILES string of the molecule is COC(=O)[C@@H]1CCC[C@@H]2CNCC[C@H]21. The highest BCUT2D eigenvalue weighted by molar-refractivity contribution is 5.72. The van der Waals surface area contributed by atoms with Crippen LogP contribution in [0.25, 0.3) is 0 Å². The van der Waals surface area contributed by atoms with Crippen LogP contribution in [-0.2, 0) is 9.53 Å². The standard InChI is InChI=1S/C11H19NO2/c1-14-11(13)10-4-2-3-8-7-12-6-5-9(8)10/h8-10,12H,2-7H2,1H3/t8-,9-,10-/m1/s1. The molecule has 0 bridgehead atoms. The third-order valence-electron chi connectivity index (χ3n) is 3.78. The van der Waals surface area contributed by atoms with Gasteiger partial charge in [0.25, 0.3) is 0 Å². The molecule has 2 aliphatic rings. The van der Waals surface area contributed by atoms with Crippen LogP contribution in [0.5, 0.6) is 0 Å². The summed E-state index contributed by atoms with van der Waals surface area (Å²) in [5.41, 5.74) is 0. The van der Waals surface area contributed by atoms with Crippen LogP contribution >= 0.6 is 0 Å². The van der Waals surface area contributed by atoms with Crippen molar-refractivity contribution in [3.05, 3.63) is 0 Å². The number of fused-ring (bicyclic) bond motifs is 1. The van der Waals surface area contributed by atoms with Crippen molar-refractivity contribution in [1.29, 1.82) is 0 Å². The number of hydrogen-bond acceptors (Lipinski definition) is 3. The van der Waals surface area contributed by atoms with Gasteiger partial charge in [-0.25, -0.2) is 0 Å². The first-order valence-electron chi connectivity index (χ1n) is 5.61. The molecule has 1 aliphatic heterocycles. The van der Waals surface area contributed by atoms with Gasteiger partial charge in [0.15, 0.2) is 0 Å². The number of hydrogen-bond donors (Lipinski definition) is 1. The molecule has 0 aromatic rings.